The van der Waals surface area contributed by atoms with E-state index in [9.17, 15) is 0 Å². The molecular weight excluding hydrogens is 158 g/mol. The topological polar surface area (TPSA) is 12.0 Å². The lowest BCUT2D eigenvalue weighted by atomic mass is 9.81. The molecule has 1 N–H and O–H groups in total. The summed E-state index contributed by atoms with van der Waals surface area (Å²) >= 11 is 0. The summed E-state index contributed by atoms with van der Waals surface area (Å²) < 4.78 is 0. The van der Waals surface area contributed by atoms with Crippen LogP contribution in [0.2, 0.25) is 0 Å². The van der Waals surface area contributed by atoms with Crippen LogP contribution in [0.4, 0.5) is 0 Å². The van der Waals surface area contributed by atoms with Crippen LogP contribution in [0, 0.1) is 5.92 Å². The van der Waals surface area contributed by atoms with Crippen molar-refractivity contribution in [1.29, 1.82) is 0 Å². The molecule has 1 nitrogen and oxygen atoms in total. The Bertz CT molecular complexity index is 275. The second-order valence-corrected chi connectivity index (χ2v) is 4.50. The summed E-state index contributed by atoms with van der Waals surface area (Å²) in [6, 6.07) is 0.782. The average molecular weight is 175 g/mol. The summed E-state index contributed by atoms with van der Waals surface area (Å²) in [4.78, 5) is 0. The second-order valence-electron chi connectivity index (χ2n) is 4.50. The van der Waals surface area contributed by atoms with E-state index in [1.54, 1.807) is 5.57 Å². The summed E-state index contributed by atoms with van der Waals surface area (Å²) in [7, 11) is 0. The standard InChI is InChI=1S/C12H17N/c1-3-7-11-9(5-1)10-6-2-4-8-12(10)13-11/h5,7,10,12-13H,1-4,6,8H2. The zero-order valence-corrected chi connectivity index (χ0v) is 8.05. The van der Waals surface area contributed by atoms with Gasteiger partial charge in [-0.05, 0) is 31.3 Å². The Morgan fingerprint density at radius 1 is 1.08 bits per heavy atom. The highest BCUT2D eigenvalue weighted by molar-refractivity contribution is 5.40. The fraction of sp³-hybridized carbons (Fsp3) is 0.667. The molecule has 0 bridgehead atoms. The van der Waals surface area contributed by atoms with Gasteiger partial charge >= 0.3 is 0 Å². The highest BCUT2D eigenvalue weighted by Gasteiger charge is 2.36. The molecule has 1 saturated carbocycles. The summed E-state index contributed by atoms with van der Waals surface area (Å²) in [6.45, 7) is 0. The number of fused-ring (bicyclic) bond motifs is 3. The van der Waals surface area contributed by atoms with Crippen molar-refractivity contribution in [2.45, 2.75) is 44.6 Å². The van der Waals surface area contributed by atoms with Crippen LogP contribution in [0.3, 0.4) is 0 Å². The Hall–Kier alpha value is -0.720. The molecule has 1 saturated heterocycles. The van der Waals surface area contributed by atoms with E-state index in [1.165, 1.54) is 44.2 Å². The van der Waals surface area contributed by atoms with E-state index in [4.69, 9.17) is 0 Å². The van der Waals surface area contributed by atoms with Crippen LogP contribution < -0.4 is 5.32 Å². The minimum absolute atomic E-state index is 0.782. The summed E-state index contributed by atoms with van der Waals surface area (Å²) in [5.41, 5.74) is 3.12. The van der Waals surface area contributed by atoms with Crippen LogP contribution in [0.5, 0.6) is 0 Å². The molecule has 3 rings (SSSR count). The molecule has 0 radical (unpaired) electrons. The number of hydrogen-bond donors (Lipinski definition) is 1. The van der Waals surface area contributed by atoms with Crippen molar-refractivity contribution in [1.82, 2.24) is 5.32 Å². The molecule has 0 amide bonds. The molecule has 2 atom stereocenters. The minimum Gasteiger partial charge on any atom is -0.382 e. The molecule has 1 aliphatic heterocycles. The number of allylic oxidation sites excluding steroid dienone is 3. The molecule has 0 aromatic heterocycles. The maximum Gasteiger partial charge on any atom is 0.0335 e. The Kier molecular flexibility index (Phi) is 1.71. The first-order chi connectivity index (χ1) is 6.45. The highest BCUT2D eigenvalue weighted by Crippen LogP contribution is 2.40. The maximum absolute atomic E-state index is 3.69. The number of hydrogen-bond acceptors (Lipinski definition) is 1. The Balaban J connectivity index is 1.93. The van der Waals surface area contributed by atoms with Crippen LogP contribution >= 0.6 is 0 Å². The third-order valence-electron chi connectivity index (χ3n) is 3.70. The molecule has 2 aliphatic carbocycles. The van der Waals surface area contributed by atoms with Crippen LogP contribution in [0.1, 0.15) is 38.5 Å². The van der Waals surface area contributed by atoms with Crippen molar-refractivity contribution in [3.63, 3.8) is 0 Å². The molecular formula is C12H17N. The van der Waals surface area contributed by atoms with Gasteiger partial charge in [-0.15, -0.1) is 0 Å². The normalized spacial score (nSPS) is 36.9. The first kappa shape index (κ1) is 7.66. The van der Waals surface area contributed by atoms with E-state index in [0.29, 0.717) is 0 Å². The fourth-order valence-electron chi connectivity index (χ4n) is 3.06. The number of rotatable bonds is 0. The van der Waals surface area contributed by atoms with Crippen molar-refractivity contribution in [2.24, 2.45) is 5.92 Å². The maximum atomic E-state index is 3.69. The van der Waals surface area contributed by atoms with Crippen LogP contribution in [-0.2, 0) is 0 Å². The van der Waals surface area contributed by atoms with Crippen LogP contribution in [-0.4, -0.2) is 6.04 Å². The van der Waals surface area contributed by atoms with E-state index in [1.807, 2.05) is 0 Å². The van der Waals surface area contributed by atoms with E-state index in [-0.39, 0.29) is 0 Å². The first-order valence-electron chi connectivity index (χ1n) is 5.62. The molecule has 13 heavy (non-hydrogen) atoms. The zero-order valence-electron chi connectivity index (χ0n) is 8.05. The highest BCUT2D eigenvalue weighted by atomic mass is 15.0. The van der Waals surface area contributed by atoms with Crippen molar-refractivity contribution < 1.29 is 0 Å². The monoisotopic (exact) mass is 175 g/mol. The SMILES string of the molecule is C1=C2NC3CCCCC3C2=CCC1. The Morgan fingerprint density at radius 3 is 2.92 bits per heavy atom. The third-order valence-corrected chi connectivity index (χ3v) is 3.70. The molecule has 0 aromatic rings. The lowest BCUT2D eigenvalue weighted by Crippen LogP contribution is -2.29. The van der Waals surface area contributed by atoms with Crippen LogP contribution in [0.25, 0.3) is 0 Å². The largest absolute Gasteiger partial charge is 0.382 e. The predicted octanol–water partition coefficient (Wildman–Crippen LogP) is 2.75. The predicted molar refractivity (Wildman–Crippen MR) is 54.3 cm³/mol. The molecule has 2 fully saturated rings. The van der Waals surface area contributed by atoms with Gasteiger partial charge in [-0.25, -0.2) is 0 Å². The molecule has 0 spiro atoms. The third kappa shape index (κ3) is 1.13. The van der Waals surface area contributed by atoms with Crippen molar-refractivity contribution in [3.8, 4) is 0 Å². The average Bonchev–Trinajstić information content (AvgIpc) is 2.56. The van der Waals surface area contributed by atoms with Gasteiger partial charge in [-0.2, -0.15) is 0 Å². The van der Waals surface area contributed by atoms with E-state index in [0.717, 1.165) is 12.0 Å². The Labute approximate surface area is 79.9 Å². The molecule has 3 aliphatic rings. The van der Waals surface area contributed by atoms with E-state index >= 15 is 0 Å². The smallest absolute Gasteiger partial charge is 0.0335 e. The Morgan fingerprint density at radius 2 is 1.92 bits per heavy atom. The summed E-state index contributed by atoms with van der Waals surface area (Å²) in [6.07, 6.45) is 13.0. The molecule has 1 heterocycles. The van der Waals surface area contributed by atoms with Crippen molar-refractivity contribution in [3.05, 3.63) is 23.4 Å². The van der Waals surface area contributed by atoms with Gasteiger partial charge in [0.15, 0.2) is 0 Å². The van der Waals surface area contributed by atoms with Crippen molar-refractivity contribution in [2.75, 3.05) is 0 Å². The van der Waals surface area contributed by atoms with Gasteiger partial charge < -0.3 is 5.32 Å². The second kappa shape index (κ2) is 2.90. The quantitative estimate of drug-likeness (QED) is 0.597. The van der Waals surface area contributed by atoms with Gasteiger partial charge in [0.1, 0.15) is 0 Å². The zero-order chi connectivity index (χ0) is 8.67. The van der Waals surface area contributed by atoms with Crippen LogP contribution in [0.15, 0.2) is 23.4 Å². The van der Waals surface area contributed by atoms with E-state index in [2.05, 4.69) is 17.5 Å². The van der Waals surface area contributed by atoms with Gasteiger partial charge in [-0.3, -0.25) is 0 Å². The minimum atomic E-state index is 0.782. The number of nitrogens with one attached hydrogen (secondary N) is 1. The first-order valence-corrected chi connectivity index (χ1v) is 5.62. The lowest BCUT2D eigenvalue weighted by Gasteiger charge is -2.24. The molecule has 0 aromatic carbocycles. The van der Waals surface area contributed by atoms with E-state index < -0.39 is 0 Å². The van der Waals surface area contributed by atoms with Gasteiger partial charge in [0.05, 0.1) is 0 Å². The molecule has 2 unspecified atom stereocenters. The summed E-state index contributed by atoms with van der Waals surface area (Å²) in [5.74, 6) is 0.861. The van der Waals surface area contributed by atoms with Gasteiger partial charge in [0, 0.05) is 17.7 Å². The van der Waals surface area contributed by atoms with Gasteiger partial charge in [0.25, 0.3) is 0 Å². The summed E-state index contributed by atoms with van der Waals surface area (Å²) in [5, 5.41) is 3.69. The fourth-order valence-corrected chi connectivity index (χ4v) is 3.06. The lowest BCUT2D eigenvalue weighted by molar-refractivity contribution is 0.352. The van der Waals surface area contributed by atoms with Gasteiger partial charge in [0.2, 0.25) is 0 Å². The molecule has 70 valence electrons. The molecule has 1 heteroatoms. The van der Waals surface area contributed by atoms with Gasteiger partial charge in [-0.1, -0.05) is 25.0 Å². The van der Waals surface area contributed by atoms with Crippen molar-refractivity contribution >= 4 is 0 Å².